The van der Waals surface area contributed by atoms with Gasteiger partial charge in [0.1, 0.15) is 0 Å². The molecule has 3 atom stereocenters. The summed E-state index contributed by atoms with van der Waals surface area (Å²) >= 11 is 1.86. The van der Waals surface area contributed by atoms with Crippen LogP contribution in [0.5, 0.6) is 0 Å². The Labute approximate surface area is 120 Å². The quantitative estimate of drug-likeness (QED) is 0.918. The number of hydrogen-bond acceptors (Lipinski definition) is 4. The van der Waals surface area contributed by atoms with Gasteiger partial charge in [-0.25, -0.2) is 0 Å². The summed E-state index contributed by atoms with van der Waals surface area (Å²) in [5.74, 6) is 0. The Morgan fingerprint density at radius 2 is 2.42 bits per heavy atom. The molecule has 2 aliphatic heterocycles. The van der Waals surface area contributed by atoms with Gasteiger partial charge in [-0.2, -0.15) is 0 Å². The molecule has 106 valence electrons. The Kier molecular flexibility index (Phi) is 3.69. The van der Waals surface area contributed by atoms with Gasteiger partial charge >= 0.3 is 0 Å². The molecule has 2 saturated heterocycles. The topological polar surface area (TPSA) is 32.5 Å². The first-order valence-corrected chi connectivity index (χ1v) is 8.27. The van der Waals surface area contributed by atoms with Crippen LogP contribution in [0.2, 0.25) is 0 Å². The number of fused-ring (bicyclic) bond motifs is 1. The predicted molar refractivity (Wildman–Crippen MR) is 81.5 cm³/mol. The second kappa shape index (κ2) is 5.17. The van der Waals surface area contributed by atoms with E-state index in [1.165, 1.54) is 37.2 Å². The fourth-order valence-corrected chi connectivity index (χ4v) is 4.93. The highest BCUT2D eigenvalue weighted by atomic mass is 32.1. The molecule has 2 aliphatic rings. The van der Waals surface area contributed by atoms with Crippen LogP contribution >= 0.6 is 11.3 Å². The third kappa shape index (κ3) is 2.05. The Bertz CT molecular complexity index is 419. The molecule has 0 spiro atoms. The first-order valence-electron chi connectivity index (χ1n) is 7.39. The van der Waals surface area contributed by atoms with Gasteiger partial charge in [-0.15, -0.1) is 11.3 Å². The molecule has 3 rings (SSSR count). The molecule has 3 unspecified atom stereocenters. The maximum Gasteiger partial charge on any atom is 0.0502 e. The van der Waals surface area contributed by atoms with Crippen molar-refractivity contribution >= 4 is 11.3 Å². The lowest BCUT2D eigenvalue weighted by Crippen LogP contribution is -2.58. The second-order valence-corrected chi connectivity index (χ2v) is 7.03. The smallest absolute Gasteiger partial charge is 0.0502 e. The summed E-state index contributed by atoms with van der Waals surface area (Å²) in [5.41, 5.74) is 6.43. The van der Waals surface area contributed by atoms with Crippen molar-refractivity contribution in [3.8, 4) is 0 Å². The summed E-state index contributed by atoms with van der Waals surface area (Å²) in [6.45, 7) is 5.60. The van der Waals surface area contributed by atoms with Crippen molar-refractivity contribution < 1.29 is 0 Å². The average molecular weight is 279 g/mol. The Morgan fingerprint density at radius 3 is 3.11 bits per heavy atom. The molecule has 1 aromatic rings. The number of thiophene rings is 1. The van der Waals surface area contributed by atoms with Crippen LogP contribution in [0.1, 0.15) is 37.1 Å². The van der Waals surface area contributed by atoms with E-state index in [9.17, 15) is 0 Å². The van der Waals surface area contributed by atoms with E-state index >= 15 is 0 Å². The molecule has 2 N–H and O–H groups in total. The van der Waals surface area contributed by atoms with Crippen molar-refractivity contribution in [1.82, 2.24) is 9.80 Å². The molecule has 2 fully saturated rings. The summed E-state index contributed by atoms with van der Waals surface area (Å²) < 4.78 is 0. The van der Waals surface area contributed by atoms with Gasteiger partial charge in [-0.05, 0) is 51.2 Å². The molecule has 0 bridgehead atoms. The first kappa shape index (κ1) is 13.6. The lowest BCUT2D eigenvalue weighted by molar-refractivity contribution is 0.0584. The van der Waals surface area contributed by atoms with Gasteiger partial charge in [0.25, 0.3) is 0 Å². The molecule has 4 heteroatoms. The van der Waals surface area contributed by atoms with Crippen molar-refractivity contribution in [2.24, 2.45) is 5.73 Å². The molecule has 0 aliphatic carbocycles. The normalized spacial score (nSPS) is 32.9. The molecule has 0 amide bonds. The molecule has 19 heavy (non-hydrogen) atoms. The van der Waals surface area contributed by atoms with Crippen LogP contribution < -0.4 is 5.73 Å². The van der Waals surface area contributed by atoms with Crippen molar-refractivity contribution in [1.29, 1.82) is 0 Å². The third-order valence-electron chi connectivity index (χ3n) is 5.41. The number of nitrogens with zero attached hydrogens (tertiary/aromatic N) is 2. The first-order chi connectivity index (χ1) is 9.19. The van der Waals surface area contributed by atoms with Crippen LogP contribution in [-0.2, 0) is 0 Å². The molecular formula is C15H25N3S. The third-order valence-corrected chi connectivity index (χ3v) is 6.45. The summed E-state index contributed by atoms with van der Waals surface area (Å²) in [6, 6.07) is 5.53. The number of nitrogens with two attached hydrogens (primary N) is 1. The van der Waals surface area contributed by atoms with Gasteiger partial charge in [0.15, 0.2) is 0 Å². The Morgan fingerprint density at radius 1 is 1.58 bits per heavy atom. The monoisotopic (exact) mass is 279 g/mol. The zero-order valence-corrected chi connectivity index (χ0v) is 12.8. The number of rotatable bonds is 4. The number of hydrogen-bond donors (Lipinski definition) is 1. The van der Waals surface area contributed by atoms with Crippen LogP contribution in [-0.4, -0.2) is 48.1 Å². The van der Waals surface area contributed by atoms with E-state index in [0.29, 0.717) is 12.1 Å². The van der Waals surface area contributed by atoms with Crippen LogP contribution in [0.4, 0.5) is 0 Å². The van der Waals surface area contributed by atoms with E-state index < -0.39 is 0 Å². The minimum atomic E-state index is 0.180. The van der Waals surface area contributed by atoms with Gasteiger partial charge in [0, 0.05) is 30.1 Å². The van der Waals surface area contributed by atoms with Gasteiger partial charge < -0.3 is 5.73 Å². The van der Waals surface area contributed by atoms with E-state index in [4.69, 9.17) is 5.73 Å². The van der Waals surface area contributed by atoms with Crippen LogP contribution in [0.25, 0.3) is 0 Å². The minimum absolute atomic E-state index is 0.180. The lowest BCUT2D eigenvalue weighted by atomic mass is 9.86. The van der Waals surface area contributed by atoms with Crippen LogP contribution in [0.3, 0.4) is 0 Å². The van der Waals surface area contributed by atoms with Gasteiger partial charge in [-0.3, -0.25) is 9.80 Å². The van der Waals surface area contributed by atoms with Crippen molar-refractivity contribution in [3.63, 3.8) is 0 Å². The highest BCUT2D eigenvalue weighted by Gasteiger charge is 2.51. The van der Waals surface area contributed by atoms with Crippen LogP contribution in [0, 0.1) is 0 Å². The van der Waals surface area contributed by atoms with E-state index in [0.717, 1.165) is 6.54 Å². The Balaban J connectivity index is 1.85. The molecule has 3 nitrogen and oxygen atoms in total. The van der Waals surface area contributed by atoms with Crippen molar-refractivity contribution in [2.45, 2.75) is 43.8 Å². The fraction of sp³-hybridized carbons (Fsp3) is 0.733. The molecule has 3 heterocycles. The molecule has 0 saturated carbocycles. The van der Waals surface area contributed by atoms with E-state index in [-0.39, 0.29) is 5.54 Å². The van der Waals surface area contributed by atoms with Crippen LogP contribution in [0.15, 0.2) is 17.5 Å². The highest BCUT2D eigenvalue weighted by molar-refractivity contribution is 7.10. The zero-order chi connectivity index (χ0) is 13.5. The van der Waals surface area contributed by atoms with Gasteiger partial charge in [0.05, 0.1) is 5.54 Å². The molecule has 0 radical (unpaired) electrons. The summed E-state index contributed by atoms with van der Waals surface area (Å²) in [6.07, 6.45) is 3.88. The predicted octanol–water partition coefficient (Wildman–Crippen LogP) is 2.31. The van der Waals surface area contributed by atoms with E-state index in [1.807, 2.05) is 11.3 Å². The lowest BCUT2D eigenvalue weighted by Gasteiger charge is -2.45. The fourth-order valence-electron chi connectivity index (χ4n) is 4.11. The van der Waals surface area contributed by atoms with Gasteiger partial charge in [0.2, 0.25) is 0 Å². The average Bonchev–Trinajstić information content (AvgIpc) is 3.13. The number of likely N-dealkylation sites (N-methyl/N-ethyl adjacent to an activating group) is 1. The maximum absolute atomic E-state index is 6.25. The summed E-state index contributed by atoms with van der Waals surface area (Å²) in [7, 11) is 2.28. The molecular weight excluding hydrogens is 254 g/mol. The summed E-state index contributed by atoms with van der Waals surface area (Å²) in [4.78, 5) is 6.67. The minimum Gasteiger partial charge on any atom is -0.329 e. The SMILES string of the molecule is CC(c1cccs1)N(C)C1(CN)CCN2CCCC21. The van der Waals surface area contributed by atoms with Crippen molar-refractivity contribution in [3.05, 3.63) is 22.4 Å². The van der Waals surface area contributed by atoms with E-state index in [1.54, 1.807) is 0 Å². The second-order valence-electron chi connectivity index (χ2n) is 6.05. The van der Waals surface area contributed by atoms with E-state index in [2.05, 4.69) is 41.3 Å². The zero-order valence-electron chi connectivity index (χ0n) is 12.0. The summed E-state index contributed by atoms with van der Waals surface area (Å²) in [5, 5.41) is 2.17. The molecule has 1 aromatic heterocycles. The van der Waals surface area contributed by atoms with Crippen molar-refractivity contribution in [2.75, 3.05) is 26.7 Å². The largest absolute Gasteiger partial charge is 0.329 e. The van der Waals surface area contributed by atoms with Gasteiger partial charge in [-0.1, -0.05) is 6.07 Å². The molecule has 0 aromatic carbocycles. The Hall–Kier alpha value is -0.420. The standard InChI is InChI=1S/C15H25N3S/c1-12(13-5-4-10-19-13)17(2)15(11-16)7-9-18-8-3-6-14(15)18/h4-5,10,12,14H,3,6-9,11,16H2,1-2H3. The maximum atomic E-state index is 6.25. The highest BCUT2D eigenvalue weighted by Crippen LogP contribution is 2.42.